The molecule has 4 unspecified atom stereocenters. The van der Waals surface area contributed by atoms with Gasteiger partial charge in [-0.3, -0.25) is 4.79 Å². The van der Waals surface area contributed by atoms with Gasteiger partial charge < -0.3 is 28.8 Å². The summed E-state index contributed by atoms with van der Waals surface area (Å²) in [5.41, 5.74) is 0. The summed E-state index contributed by atoms with van der Waals surface area (Å²) in [6.07, 6.45) is -4.50. The van der Waals surface area contributed by atoms with Crippen LogP contribution < -0.4 is 0 Å². The number of esters is 3. The van der Waals surface area contributed by atoms with E-state index >= 15 is 0 Å². The molecule has 0 bridgehead atoms. The van der Waals surface area contributed by atoms with Crippen molar-refractivity contribution in [3.63, 3.8) is 0 Å². The number of hydrogen-bond donors (Lipinski definition) is 1. The van der Waals surface area contributed by atoms with Crippen molar-refractivity contribution >= 4 is 17.9 Å². The van der Waals surface area contributed by atoms with Crippen LogP contribution in [-0.4, -0.2) is 73.9 Å². The Bertz CT molecular complexity index is 2550. The quantitative estimate of drug-likeness (QED) is 0.150. The Labute approximate surface area is 321 Å². The number of carbonyl (C=O) groups is 3. The van der Waals surface area contributed by atoms with E-state index in [4.69, 9.17) is 23.7 Å². The Morgan fingerprint density at radius 3 is 1.35 bits per heavy atom. The van der Waals surface area contributed by atoms with E-state index in [0.717, 1.165) is 6.92 Å². The molecule has 0 aliphatic carbocycles. The lowest BCUT2D eigenvalue weighted by atomic mass is 10.1. The first-order chi connectivity index (χ1) is 26.9. The molecule has 0 spiro atoms. The van der Waals surface area contributed by atoms with Crippen LogP contribution in [0.5, 0.6) is 0 Å². The van der Waals surface area contributed by atoms with E-state index in [-0.39, 0.29) is 13.2 Å². The molecule has 9 heteroatoms. The Morgan fingerprint density at radius 2 is 0.964 bits per heavy atom. The molecule has 0 saturated carbocycles. The molecular weight excluding hydrogens is 696 g/mol. The minimum Gasteiger partial charge on any atom is -0.456 e. The molecule has 0 aromatic heterocycles. The van der Waals surface area contributed by atoms with Crippen LogP contribution in [-0.2, 0) is 38.1 Å². The van der Waals surface area contributed by atoms with E-state index in [9.17, 15) is 19.5 Å². The standard InChI is InChI=1S/C46H22O9/c1-4-6-8-10-12-14-16-18-20-22-24-26-28-30-32-34-43(49)52-38-41(51-37-36-47)45-46(42(39-53-45)54-40(3)48)55-44(50)35-33-31-29-27-25-23-21-19-17-15-13-11-9-7-5-2/h41-42,45-47H,36-39H2,1-3H3. The van der Waals surface area contributed by atoms with E-state index in [1.54, 1.807) is 13.8 Å². The molecule has 0 aromatic carbocycles. The predicted molar refractivity (Wildman–Crippen MR) is 199 cm³/mol. The maximum atomic E-state index is 12.5. The third-order valence-corrected chi connectivity index (χ3v) is 5.08. The topological polar surface area (TPSA) is 118 Å². The number of rotatable bonds is 8. The van der Waals surface area contributed by atoms with Gasteiger partial charge in [0.1, 0.15) is 18.8 Å². The van der Waals surface area contributed by atoms with Gasteiger partial charge in [0, 0.05) is 18.8 Å². The lowest BCUT2D eigenvalue weighted by Gasteiger charge is -2.27. The first-order valence-corrected chi connectivity index (χ1v) is 15.2. The van der Waals surface area contributed by atoms with Gasteiger partial charge in [0.2, 0.25) is 0 Å². The van der Waals surface area contributed by atoms with Crippen LogP contribution in [0.4, 0.5) is 0 Å². The molecule has 0 radical (unpaired) electrons. The van der Waals surface area contributed by atoms with E-state index < -0.39 is 55.5 Å². The second-order valence-electron chi connectivity index (χ2n) is 8.80. The number of hydrogen-bond acceptors (Lipinski definition) is 9. The molecule has 1 fully saturated rings. The molecule has 9 nitrogen and oxygen atoms in total. The zero-order chi connectivity index (χ0) is 40.0. The van der Waals surface area contributed by atoms with Crippen LogP contribution in [0.1, 0.15) is 20.8 Å². The molecule has 1 aliphatic rings. The van der Waals surface area contributed by atoms with E-state index in [2.05, 4.69) is 189 Å². The fourth-order valence-electron chi connectivity index (χ4n) is 3.21. The van der Waals surface area contributed by atoms with Gasteiger partial charge in [-0.05, 0) is 180 Å². The molecule has 1 heterocycles. The van der Waals surface area contributed by atoms with E-state index in [0.29, 0.717) is 0 Å². The molecule has 1 rings (SSSR count). The first kappa shape index (κ1) is 44.3. The minimum absolute atomic E-state index is 0.190. The Hall–Kier alpha value is -8.75. The predicted octanol–water partition coefficient (Wildman–Crippen LogP) is -0.756. The Kier molecular flexibility index (Phi) is 25.2. The molecule has 1 saturated heterocycles. The molecular formula is C46H22O9. The summed E-state index contributed by atoms with van der Waals surface area (Å²) in [5.74, 6) is 75.2. The third-order valence-electron chi connectivity index (χ3n) is 5.08. The van der Waals surface area contributed by atoms with Crippen LogP contribution in [0.3, 0.4) is 0 Å². The first-order valence-electron chi connectivity index (χ1n) is 15.2. The fourth-order valence-corrected chi connectivity index (χ4v) is 3.21. The highest BCUT2D eigenvalue weighted by Gasteiger charge is 2.47. The second kappa shape index (κ2) is 31.2. The zero-order valence-electron chi connectivity index (χ0n) is 29.4. The van der Waals surface area contributed by atoms with Crippen molar-refractivity contribution in [1.82, 2.24) is 0 Å². The van der Waals surface area contributed by atoms with Crippen molar-refractivity contribution in [3.8, 4) is 189 Å². The smallest absolute Gasteiger partial charge is 0.385 e. The normalized spacial score (nSPS) is 12.7. The van der Waals surface area contributed by atoms with Crippen molar-refractivity contribution < 1.29 is 43.2 Å². The highest BCUT2D eigenvalue weighted by Crippen LogP contribution is 2.25. The average Bonchev–Trinajstić information content (AvgIpc) is 3.55. The van der Waals surface area contributed by atoms with Crippen LogP contribution in [0.25, 0.3) is 0 Å². The molecule has 1 aliphatic heterocycles. The van der Waals surface area contributed by atoms with Gasteiger partial charge >= 0.3 is 17.9 Å². The fraction of sp³-hybridized carbons (Fsp3) is 0.239. The van der Waals surface area contributed by atoms with Crippen molar-refractivity contribution in [2.24, 2.45) is 0 Å². The highest BCUT2D eigenvalue weighted by molar-refractivity contribution is 5.89. The summed E-state index contributed by atoms with van der Waals surface area (Å²) in [6, 6.07) is 0. The largest absolute Gasteiger partial charge is 0.456 e. The van der Waals surface area contributed by atoms with E-state index in [1.165, 1.54) is 0 Å². The molecule has 1 N–H and O–H groups in total. The van der Waals surface area contributed by atoms with Gasteiger partial charge in [-0.1, -0.05) is 11.8 Å². The Balaban J connectivity index is 2.90. The minimum atomic E-state index is -1.24. The van der Waals surface area contributed by atoms with Gasteiger partial charge in [0.25, 0.3) is 0 Å². The zero-order valence-corrected chi connectivity index (χ0v) is 29.4. The summed E-state index contributed by atoms with van der Waals surface area (Å²) in [4.78, 5) is 36.5. The van der Waals surface area contributed by atoms with Crippen molar-refractivity contribution in [2.75, 3.05) is 26.4 Å². The van der Waals surface area contributed by atoms with Crippen molar-refractivity contribution in [3.05, 3.63) is 0 Å². The van der Waals surface area contributed by atoms with Gasteiger partial charge in [-0.2, -0.15) is 0 Å². The highest BCUT2D eigenvalue weighted by atomic mass is 16.6. The van der Waals surface area contributed by atoms with Gasteiger partial charge in [-0.25, -0.2) is 9.59 Å². The monoisotopic (exact) mass is 718 g/mol. The molecule has 55 heavy (non-hydrogen) atoms. The maximum Gasteiger partial charge on any atom is 0.385 e. The summed E-state index contributed by atoms with van der Waals surface area (Å²) in [6.45, 7) is 3.24. The molecule has 0 amide bonds. The van der Waals surface area contributed by atoms with Crippen LogP contribution >= 0.6 is 0 Å². The average molecular weight is 719 g/mol. The summed E-state index contributed by atoms with van der Waals surface area (Å²) < 4.78 is 27.1. The summed E-state index contributed by atoms with van der Waals surface area (Å²) in [5, 5.41) is 9.31. The number of ether oxygens (including phenoxy) is 5. The lowest BCUT2D eigenvalue weighted by Crippen LogP contribution is -2.46. The Morgan fingerprint density at radius 1 is 0.582 bits per heavy atom. The van der Waals surface area contributed by atoms with Gasteiger partial charge in [0.15, 0.2) is 12.2 Å². The maximum absolute atomic E-state index is 12.5. The SMILES string of the molecule is CC#CC#CC#CC#CC#CC#CC#CC#CC(=O)OCC(OCCO)C1OCC(OC(C)=O)C1OC(=O)C#CC#CC#CC#CC#CC#CC#CC#CC. The van der Waals surface area contributed by atoms with E-state index in [1.807, 2.05) is 0 Å². The van der Waals surface area contributed by atoms with Crippen molar-refractivity contribution in [1.29, 1.82) is 0 Å². The van der Waals surface area contributed by atoms with Crippen molar-refractivity contribution in [2.45, 2.75) is 45.2 Å². The molecule has 260 valence electrons. The number of aliphatic hydroxyl groups is 1. The molecule has 4 atom stereocenters. The number of aliphatic hydroxyl groups excluding tert-OH is 1. The third kappa shape index (κ3) is 24.1. The van der Waals surface area contributed by atoms with Crippen LogP contribution in [0.15, 0.2) is 0 Å². The van der Waals surface area contributed by atoms with Gasteiger partial charge in [0.05, 0.1) is 19.8 Å². The summed E-state index contributed by atoms with van der Waals surface area (Å²) in [7, 11) is 0. The molecule has 0 aromatic rings. The van der Waals surface area contributed by atoms with Crippen LogP contribution in [0, 0.1) is 189 Å². The van der Waals surface area contributed by atoms with Gasteiger partial charge in [-0.15, -0.1) is 0 Å². The second-order valence-corrected chi connectivity index (χ2v) is 8.80. The lowest BCUT2D eigenvalue weighted by molar-refractivity contribution is -0.168. The summed E-state index contributed by atoms with van der Waals surface area (Å²) >= 11 is 0. The van der Waals surface area contributed by atoms with Crippen LogP contribution in [0.2, 0.25) is 0 Å². The number of carbonyl (C=O) groups excluding carboxylic acids is 3.